The molecule has 0 atom stereocenters. The lowest BCUT2D eigenvalue weighted by molar-refractivity contribution is -0.0769. The summed E-state index contributed by atoms with van der Waals surface area (Å²) < 4.78 is 11.4. The molecule has 140 valence electrons. The van der Waals surface area contributed by atoms with E-state index in [1.807, 2.05) is 32.8 Å². The van der Waals surface area contributed by atoms with Crippen molar-refractivity contribution >= 4 is 6.09 Å². The summed E-state index contributed by atoms with van der Waals surface area (Å²) in [6.07, 6.45) is 7.76. The van der Waals surface area contributed by atoms with Crippen molar-refractivity contribution in [1.29, 1.82) is 0 Å². The third kappa shape index (κ3) is 5.35. The van der Waals surface area contributed by atoms with E-state index in [9.17, 15) is 4.79 Å². The molecule has 1 aliphatic carbocycles. The van der Waals surface area contributed by atoms with Crippen molar-refractivity contribution in [3.05, 3.63) is 0 Å². The Labute approximate surface area is 147 Å². The molecule has 0 aromatic carbocycles. The Morgan fingerprint density at radius 3 is 2.12 bits per heavy atom. The van der Waals surface area contributed by atoms with E-state index in [1.54, 1.807) is 0 Å². The zero-order valence-electron chi connectivity index (χ0n) is 16.0. The van der Waals surface area contributed by atoms with Crippen molar-refractivity contribution < 1.29 is 14.3 Å². The van der Waals surface area contributed by atoms with Crippen LogP contribution in [0.1, 0.15) is 65.7 Å². The van der Waals surface area contributed by atoms with Gasteiger partial charge in [0.25, 0.3) is 0 Å². The van der Waals surface area contributed by atoms with Gasteiger partial charge in [0, 0.05) is 20.2 Å². The summed E-state index contributed by atoms with van der Waals surface area (Å²) in [7, 11) is 1.83. The van der Waals surface area contributed by atoms with Crippen LogP contribution in [0, 0.1) is 11.8 Å². The lowest BCUT2D eigenvalue weighted by atomic mass is 9.74. The highest BCUT2D eigenvalue weighted by molar-refractivity contribution is 5.68. The van der Waals surface area contributed by atoms with E-state index < -0.39 is 5.60 Å². The Kier molecular flexibility index (Phi) is 6.54. The number of methoxy groups -OCH3 is 1. The van der Waals surface area contributed by atoms with Crippen LogP contribution in [-0.2, 0) is 9.47 Å². The molecule has 0 aromatic heterocycles. The number of amides is 1. The molecule has 2 fully saturated rings. The fourth-order valence-corrected chi connectivity index (χ4v) is 4.11. The monoisotopic (exact) mass is 340 g/mol. The molecule has 1 heterocycles. The van der Waals surface area contributed by atoms with Gasteiger partial charge in [0.05, 0.1) is 5.60 Å². The molecule has 2 N–H and O–H groups in total. The maximum Gasteiger partial charge on any atom is 0.410 e. The first kappa shape index (κ1) is 19.5. The SMILES string of the molecule is COC1(CC2CCC(CN)CC2)CCN(C(=O)OC(C)(C)C)CC1. The van der Waals surface area contributed by atoms with E-state index in [4.69, 9.17) is 15.2 Å². The van der Waals surface area contributed by atoms with Crippen LogP contribution in [0.3, 0.4) is 0 Å². The minimum Gasteiger partial charge on any atom is -0.444 e. The molecule has 2 rings (SSSR count). The largest absolute Gasteiger partial charge is 0.444 e. The first-order valence-electron chi connectivity index (χ1n) is 9.50. The topological polar surface area (TPSA) is 64.8 Å². The minimum atomic E-state index is -0.436. The summed E-state index contributed by atoms with van der Waals surface area (Å²) >= 11 is 0. The molecular formula is C19H36N2O3. The predicted octanol–water partition coefficient (Wildman–Crippen LogP) is 3.56. The number of nitrogens with zero attached hydrogens (tertiary/aromatic N) is 1. The normalized spacial score (nSPS) is 27.8. The van der Waals surface area contributed by atoms with Gasteiger partial charge in [-0.25, -0.2) is 4.79 Å². The Hall–Kier alpha value is -0.810. The molecule has 1 aliphatic heterocycles. The smallest absolute Gasteiger partial charge is 0.410 e. The van der Waals surface area contributed by atoms with Gasteiger partial charge in [0.15, 0.2) is 0 Å². The number of nitrogens with two attached hydrogens (primary N) is 1. The number of ether oxygens (including phenoxy) is 2. The number of carbonyl (C=O) groups excluding carboxylic acids is 1. The zero-order chi connectivity index (χ0) is 17.8. The summed E-state index contributed by atoms with van der Waals surface area (Å²) in [5, 5.41) is 0. The number of carbonyl (C=O) groups is 1. The average molecular weight is 341 g/mol. The van der Waals surface area contributed by atoms with Crippen molar-refractivity contribution in [2.24, 2.45) is 17.6 Å². The first-order chi connectivity index (χ1) is 11.3. The lowest BCUT2D eigenvalue weighted by Crippen LogP contribution is -2.49. The molecule has 5 heteroatoms. The minimum absolute atomic E-state index is 0.0707. The van der Waals surface area contributed by atoms with Crippen molar-refractivity contribution in [2.75, 3.05) is 26.7 Å². The maximum absolute atomic E-state index is 12.2. The van der Waals surface area contributed by atoms with Crippen molar-refractivity contribution in [3.8, 4) is 0 Å². The molecule has 0 bridgehead atoms. The predicted molar refractivity (Wildman–Crippen MR) is 95.9 cm³/mol. The third-order valence-corrected chi connectivity index (χ3v) is 5.72. The van der Waals surface area contributed by atoms with Gasteiger partial charge < -0.3 is 20.1 Å². The summed E-state index contributed by atoms with van der Waals surface area (Å²) in [5.41, 5.74) is 5.29. The molecule has 1 amide bonds. The van der Waals surface area contributed by atoms with Crippen LogP contribution in [0.2, 0.25) is 0 Å². The third-order valence-electron chi connectivity index (χ3n) is 5.72. The van der Waals surface area contributed by atoms with Gasteiger partial charge in [-0.2, -0.15) is 0 Å². The summed E-state index contributed by atoms with van der Waals surface area (Å²) in [4.78, 5) is 14.1. The average Bonchev–Trinajstić information content (AvgIpc) is 2.54. The molecule has 0 radical (unpaired) electrons. The van der Waals surface area contributed by atoms with Crippen molar-refractivity contribution in [2.45, 2.75) is 76.9 Å². The number of hydrogen-bond acceptors (Lipinski definition) is 4. The second-order valence-electron chi connectivity index (χ2n) is 8.68. The summed E-state index contributed by atoms with van der Waals surface area (Å²) in [5.74, 6) is 1.45. The highest BCUT2D eigenvalue weighted by Crippen LogP contribution is 2.39. The molecular weight excluding hydrogens is 304 g/mol. The van der Waals surface area contributed by atoms with Gasteiger partial charge in [0.1, 0.15) is 5.60 Å². The number of rotatable bonds is 4. The van der Waals surface area contributed by atoms with Crippen molar-refractivity contribution in [3.63, 3.8) is 0 Å². The standard InChI is InChI=1S/C19H36N2O3/c1-18(2,3)24-17(22)21-11-9-19(23-4,10-12-21)13-15-5-7-16(14-20)8-6-15/h15-16H,5-14,20H2,1-4H3. The van der Waals surface area contributed by atoms with Crippen LogP contribution < -0.4 is 5.73 Å². The Bertz CT molecular complexity index is 403. The van der Waals surface area contributed by atoms with Crippen LogP contribution >= 0.6 is 0 Å². The van der Waals surface area contributed by atoms with E-state index in [2.05, 4.69) is 0 Å². The van der Waals surface area contributed by atoms with E-state index in [-0.39, 0.29) is 11.7 Å². The first-order valence-corrected chi connectivity index (χ1v) is 9.50. The molecule has 24 heavy (non-hydrogen) atoms. The van der Waals surface area contributed by atoms with Crippen LogP contribution in [0.5, 0.6) is 0 Å². The lowest BCUT2D eigenvalue weighted by Gasteiger charge is -2.43. The van der Waals surface area contributed by atoms with Crippen LogP contribution in [0.4, 0.5) is 4.79 Å². The fourth-order valence-electron chi connectivity index (χ4n) is 4.11. The second-order valence-corrected chi connectivity index (χ2v) is 8.68. The molecule has 5 nitrogen and oxygen atoms in total. The number of likely N-dealkylation sites (tertiary alicyclic amines) is 1. The molecule has 0 aromatic rings. The Morgan fingerprint density at radius 2 is 1.67 bits per heavy atom. The number of piperidine rings is 1. The zero-order valence-corrected chi connectivity index (χ0v) is 16.0. The molecule has 2 aliphatic rings. The van der Waals surface area contributed by atoms with Crippen LogP contribution in [-0.4, -0.2) is 48.9 Å². The highest BCUT2D eigenvalue weighted by atomic mass is 16.6. The highest BCUT2D eigenvalue weighted by Gasteiger charge is 2.39. The summed E-state index contributed by atoms with van der Waals surface area (Å²) in [6, 6.07) is 0. The molecule has 0 spiro atoms. The second kappa shape index (κ2) is 8.05. The van der Waals surface area contributed by atoms with E-state index in [1.165, 1.54) is 25.7 Å². The quantitative estimate of drug-likeness (QED) is 0.850. The Morgan fingerprint density at radius 1 is 1.12 bits per heavy atom. The van der Waals surface area contributed by atoms with E-state index in [0.29, 0.717) is 5.92 Å². The van der Waals surface area contributed by atoms with E-state index in [0.717, 1.165) is 44.8 Å². The molecule has 1 saturated carbocycles. The van der Waals surface area contributed by atoms with Gasteiger partial charge in [-0.3, -0.25) is 0 Å². The Balaban J connectivity index is 1.84. The van der Waals surface area contributed by atoms with Gasteiger partial charge >= 0.3 is 6.09 Å². The van der Waals surface area contributed by atoms with Gasteiger partial charge in [-0.1, -0.05) is 12.8 Å². The van der Waals surface area contributed by atoms with Gasteiger partial charge in [-0.05, 0) is 71.3 Å². The van der Waals surface area contributed by atoms with Crippen LogP contribution in [0.15, 0.2) is 0 Å². The molecule has 1 saturated heterocycles. The summed E-state index contributed by atoms with van der Waals surface area (Å²) in [6.45, 7) is 8.00. The van der Waals surface area contributed by atoms with Gasteiger partial charge in [-0.15, -0.1) is 0 Å². The molecule has 0 unspecified atom stereocenters. The van der Waals surface area contributed by atoms with Crippen molar-refractivity contribution in [1.82, 2.24) is 4.90 Å². The van der Waals surface area contributed by atoms with Gasteiger partial charge in [0.2, 0.25) is 0 Å². The number of hydrogen-bond donors (Lipinski definition) is 1. The maximum atomic E-state index is 12.2. The fraction of sp³-hybridized carbons (Fsp3) is 0.947. The van der Waals surface area contributed by atoms with E-state index >= 15 is 0 Å². The van der Waals surface area contributed by atoms with Crippen LogP contribution in [0.25, 0.3) is 0 Å².